The van der Waals surface area contributed by atoms with Crippen LogP contribution in [0.5, 0.6) is 0 Å². The number of hydrogen-bond acceptors (Lipinski definition) is 3. The van der Waals surface area contributed by atoms with Crippen molar-refractivity contribution in [3.63, 3.8) is 0 Å². The number of hydrogen-bond donors (Lipinski definition) is 2. The summed E-state index contributed by atoms with van der Waals surface area (Å²) in [5, 5.41) is 3.44. The van der Waals surface area contributed by atoms with Crippen LogP contribution in [-0.4, -0.2) is 4.99 Å². The van der Waals surface area contributed by atoms with E-state index >= 15 is 0 Å². The van der Waals surface area contributed by atoms with E-state index in [1.165, 1.54) is 20.9 Å². The smallest absolute Gasteiger partial charge is 0.106 e. The van der Waals surface area contributed by atoms with Crippen molar-refractivity contribution in [3.8, 4) is 0 Å². The molecule has 1 aromatic heterocycles. The van der Waals surface area contributed by atoms with Crippen LogP contribution in [0.15, 0.2) is 24.3 Å². The van der Waals surface area contributed by atoms with Crippen molar-refractivity contribution in [3.05, 3.63) is 50.7 Å². The predicted octanol–water partition coefficient (Wildman–Crippen LogP) is 3.92. The fraction of sp³-hybridized carbons (Fsp3) is 0.267. The maximum absolute atomic E-state index is 5.76. The lowest BCUT2D eigenvalue weighted by Crippen LogP contribution is -2.13. The molecule has 1 heterocycles. The summed E-state index contributed by atoms with van der Waals surface area (Å²) >= 11 is 6.91. The summed E-state index contributed by atoms with van der Waals surface area (Å²) in [6.45, 7) is 7.16. The first-order valence-electron chi connectivity index (χ1n) is 6.17. The van der Waals surface area contributed by atoms with E-state index < -0.39 is 0 Å². The monoisotopic (exact) mass is 290 g/mol. The van der Waals surface area contributed by atoms with Gasteiger partial charge in [-0.3, -0.25) is 0 Å². The Labute approximate surface area is 123 Å². The molecule has 0 aliphatic carbocycles. The molecule has 0 bridgehead atoms. The Balaban J connectivity index is 2.19. The van der Waals surface area contributed by atoms with E-state index in [2.05, 4.69) is 38.2 Å². The highest BCUT2D eigenvalue weighted by atomic mass is 32.1. The second-order valence-electron chi connectivity index (χ2n) is 4.72. The average Bonchev–Trinajstić information content (AvgIpc) is 2.66. The summed E-state index contributed by atoms with van der Waals surface area (Å²) in [6.07, 6.45) is 0. The lowest BCUT2D eigenvalue weighted by Gasteiger charge is -2.11. The summed E-state index contributed by atoms with van der Waals surface area (Å²) in [7, 11) is 0. The average molecular weight is 290 g/mol. The topological polar surface area (TPSA) is 38.0 Å². The molecule has 2 aromatic rings. The van der Waals surface area contributed by atoms with Gasteiger partial charge in [-0.2, -0.15) is 0 Å². The van der Waals surface area contributed by atoms with Gasteiger partial charge < -0.3 is 11.1 Å². The first kappa shape index (κ1) is 14.0. The zero-order valence-corrected chi connectivity index (χ0v) is 13.0. The maximum Gasteiger partial charge on any atom is 0.106 e. The van der Waals surface area contributed by atoms with E-state index in [1.54, 1.807) is 0 Å². The normalized spacial score (nSPS) is 10.5. The molecule has 19 heavy (non-hydrogen) atoms. The largest absolute Gasteiger partial charge is 0.389 e. The van der Waals surface area contributed by atoms with Gasteiger partial charge in [0.2, 0.25) is 0 Å². The van der Waals surface area contributed by atoms with Gasteiger partial charge in [0.1, 0.15) is 4.99 Å². The molecule has 3 N–H and O–H groups in total. The van der Waals surface area contributed by atoms with Crippen molar-refractivity contribution in [2.24, 2.45) is 5.73 Å². The van der Waals surface area contributed by atoms with E-state index in [0.717, 1.165) is 17.8 Å². The molecule has 2 rings (SSSR count). The standard InChI is InChI=1S/C15H18N2S2/c1-9-4-5-13(15(16)18)14(6-9)17-8-12-7-10(2)11(3)19-12/h4-7,17H,8H2,1-3H3,(H2,16,18). The summed E-state index contributed by atoms with van der Waals surface area (Å²) in [5.41, 5.74) is 10.2. The zero-order chi connectivity index (χ0) is 14.0. The molecular formula is C15H18N2S2. The van der Waals surface area contributed by atoms with Crippen LogP contribution in [0.1, 0.15) is 26.4 Å². The minimum absolute atomic E-state index is 0.432. The highest BCUT2D eigenvalue weighted by Crippen LogP contribution is 2.23. The van der Waals surface area contributed by atoms with Gasteiger partial charge in [-0.05, 0) is 50.1 Å². The van der Waals surface area contributed by atoms with Crippen LogP contribution in [0, 0.1) is 20.8 Å². The molecule has 1 aromatic carbocycles. The minimum Gasteiger partial charge on any atom is -0.389 e. The summed E-state index contributed by atoms with van der Waals surface area (Å²) in [5.74, 6) is 0. The van der Waals surface area contributed by atoms with Crippen molar-refractivity contribution in [1.29, 1.82) is 0 Å². The fourth-order valence-electron chi connectivity index (χ4n) is 1.94. The van der Waals surface area contributed by atoms with E-state index in [-0.39, 0.29) is 0 Å². The molecule has 0 atom stereocenters. The lowest BCUT2D eigenvalue weighted by atomic mass is 10.1. The minimum atomic E-state index is 0.432. The van der Waals surface area contributed by atoms with E-state index in [1.807, 2.05) is 23.5 Å². The van der Waals surface area contributed by atoms with Crippen molar-refractivity contribution in [2.75, 3.05) is 5.32 Å². The molecule has 0 radical (unpaired) electrons. The van der Waals surface area contributed by atoms with Crippen LogP contribution >= 0.6 is 23.6 Å². The van der Waals surface area contributed by atoms with Crippen molar-refractivity contribution in [2.45, 2.75) is 27.3 Å². The highest BCUT2D eigenvalue weighted by Gasteiger charge is 2.07. The van der Waals surface area contributed by atoms with Crippen LogP contribution < -0.4 is 11.1 Å². The number of nitrogens with one attached hydrogen (secondary N) is 1. The summed E-state index contributed by atoms with van der Waals surface area (Å²) < 4.78 is 0. The number of thiocarbonyl (C=S) groups is 1. The molecule has 0 unspecified atom stereocenters. The van der Waals surface area contributed by atoms with Gasteiger partial charge in [0.15, 0.2) is 0 Å². The Morgan fingerprint density at radius 1 is 1.26 bits per heavy atom. The Hall–Kier alpha value is -1.39. The van der Waals surface area contributed by atoms with Crippen molar-refractivity contribution >= 4 is 34.2 Å². The molecule has 0 spiro atoms. The number of benzene rings is 1. The third-order valence-electron chi connectivity index (χ3n) is 3.11. The van der Waals surface area contributed by atoms with Gasteiger partial charge in [0.25, 0.3) is 0 Å². The quantitative estimate of drug-likeness (QED) is 0.838. The van der Waals surface area contributed by atoms with Gasteiger partial charge in [-0.15, -0.1) is 11.3 Å². The lowest BCUT2D eigenvalue weighted by molar-refractivity contribution is 1.18. The number of aryl methyl sites for hydroxylation is 3. The number of thiophene rings is 1. The maximum atomic E-state index is 5.76. The number of anilines is 1. The summed E-state index contributed by atoms with van der Waals surface area (Å²) in [4.78, 5) is 3.13. The van der Waals surface area contributed by atoms with Gasteiger partial charge >= 0.3 is 0 Å². The van der Waals surface area contributed by atoms with Crippen molar-refractivity contribution < 1.29 is 0 Å². The third kappa shape index (κ3) is 3.33. The molecule has 0 saturated heterocycles. The SMILES string of the molecule is Cc1ccc(C(N)=S)c(NCc2cc(C)c(C)s2)c1. The van der Waals surface area contributed by atoms with Crippen LogP contribution in [0.25, 0.3) is 0 Å². The van der Waals surface area contributed by atoms with Crippen LogP contribution in [-0.2, 0) is 6.54 Å². The van der Waals surface area contributed by atoms with Crippen LogP contribution in [0.2, 0.25) is 0 Å². The van der Waals surface area contributed by atoms with E-state index in [0.29, 0.717) is 4.99 Å². The fourth-order valence-corrected chi connectivity index (χ4v) is 3.11. The van der Waals surface area contributed by atoms with Crippen LogP contribution in [0.3, 0.4) is 0 Å². The molecule has 0 aliphatic rings. The molecule has 100 valence electrons. The third-order valence-corrected chi connectivity index (χ3v) is 4.48. The van der Waals surface area contributed by atoms with Crippen molar-refractivity contribution in [1.82, 2.24) is 0 Å². The predicted molar refractivity (Wildman–Crippen MR) is 88.2 cm³/mol. The Morgan fingerprint density at radius 3 is 2.58 bits per heavy atom. The molecule has 0 saturated carbocycles. The first-order chi connectivity index (χ1) is 8.97. The van der Waals surface area contributed by atoms with Crippen LogP contribution in [0.4, 0.5) is 5.69 Å². The van der Waals surface area contributed by atoms with Gasteiger partial charge in [-0.1, -0.05) is 18.3 Å². The van der Waals surface area contributed by atoms with Gasteiger partial charge in [0, 0.05) is 27.5 Å². The number of rotatable bonds is 4. The van der Waals surface area contributed by atoms with E-state index in [4.69, 9.17) is 18.0 Å². The molecule has 0 amide bonds. The molecule has 0 aliphatic heterocycles. The Bertz CT molecular complexity index is 595. The van der Waals surface area contributed by atoms with Gasteiger partial charge in [-0.25, -0.2) is 0 Å². The first-order valence-corrected chi connectivity index (χ1v) is 7.40. The Morgan fingerprint density at radius 2 is 2.00 bits per heavy atom. The highest BCUT2D eigenvalue weighted by molar-refractivity contribution is 7.80. The second kappa shape index (κ2) is 5.72. The molecule has 4 heteroatoms. The molecular weight excluding hydrogens is 272 g/mol. The van der Waals surface area contributed by atoms with Gasteiger partial charge in [0.05, 0.1) is 0 Å². The summed E-state index contributed by atoms with van der Waals surface area (Å²) in [6, 6.07) is 8.31. The Kier molecular flexibility index (Phi) is 4.22. The molecule has 0 fully saturated rings. The van der Waals surface area contributed by atoms with E-state index in [9.17, 15) is 0 Å². The second-order valence-corrected chi connectivity index (χ2v) is 6.50. The zero-order valence-electron chi connectivity index (χ0n) is 11.4. The molecule has 2 nitrogen and oxygen atoms in total. The number of nitrogens with two attached hydrogens (primary N) is 1.